The Morgan fingerprint density at radius 1 is 0.931 bits per heavy atom. The van der Waals surface area contributed by atoms with Crippen LogP contribution in [0.15, 0.2) is 66.7 Å². The molecular weight excluding hydrogens is 407 g/mol. The van der Waals surface area contributed by atoms with Gasteiger partial charge in [-0.15, -0.1) is 0 Å². The van der Waals surface area contributed by atoms with E-state index >= 15 is 0 Å². The lowest BCUT2D eigenvalue weighted by Crippen LogP contribution is -2.13. The number of aryl methyl sites for hydroxylation is 1. The van der Waals surface area contributed by atoms with Crippen LogP contribution in [0.5, 0.6) is 11.5 Å². The van der Waals surface area contributed by atoms with E-state index in [0.29, 0.717) is 35.6 Å². The summed E-state index contributed by atoms with van der Waals surface area (Å²) < 4.78 is 14.0. The molecule has 0 N–H and O–H groups in total. The quantitative estimate of drug-likeness (QED) is 0.347. The molecule has 0 saturated heterocycles. The van der Waals surface area contributed by atoms with E-state index < -0.39 is 0 Å². The lowest BCUT2D eigenvalue weighted by molar-refractivity contribution is 0.272. The van der Waals surface area contributed by atoms with Crippen molar-refractivity contribution >= 4 is 34.2 Å². The Labute approximate surface area is 179 Å². The maximum absolute atomic E-state index is 6.22. The lowest BCUT2D eigenvalue weighted by Gasteiger charge is -2.12. The van der Waals surface area contributed by atoms with Gasteiger partial charge in [0.2, 0.25) is 0 Å². The Balaban J connectivity index is 1.52. The van der Waals surface area contributed by atoms with E-state index in [4.69, 9.17) is 37.7 Å². The fourth-order valence-corrected chi connectivity index (χ4v) is 3.64. The Morgan fingerprint density at radius 3 is 2.62 bits per heavy atom. The molecule has 4 aromatic rings. The average molecular weight is 427 g/mol. The van der Waals surface area contributed by atoms with Gasteiger partial charge in [0.1, 0.15) is 30.5 Å². The van der Waals surface area contributed by atoms with Gasteiger partial charge in [-0.2, -0.15) is 0 Å². The molecule has 0 aliphatic carbocycles. The second-order valence-electron chi connectivity index (χ2n) is 6.70. The number of ether oxygens (including phenoxy) is 2. The summed E-state index contributed by atoms with van der Waals surface area (Å²) in [5.41, 5.74) is 3.13. The number of hydrogen-bond acceptors (Lipinski definition) is 3. The van der Waals surface area contributed by atoms with Gasteiger partial charge >= 0.3 is 0 Å². The SMILES string of the molecule is Cc1cccc(OCCn2c(COc3ccc(Cl)cc3Cl)nc3ccccc32)c1. The summed E-state index contributed by atoms with van der Waals surface area (Å²) >= 11 is 12.2. The molecule has 3 aromatic carbocycles. The number of imidazole rings is 1. The normalized spacial score (nSPS) is 11.0. The molecule has 6 heteroatoms. The van der Waals surface area contributed by atoms with Crippen LogP contribution in [0.4, 0.5) is 0 Å². The maximum Gasteiger partial charge on any atom is 0.148 e. The maximum atomic E-state index is 6.22. The first-order valence-corrected chi connectivity index (χ1v) is 10.1. The van der Waals surface area contributed by atoms with Crippen molar-refractivity contribution in [1.29, 1.82) is 0 Å². The molecule has 0 radical (unpaired) electrons. The molecule has 4 rings (SSSR count). The minimum Gasteiger partial charge on any atom is -0.492 e. The summed E-state index contributed by atoms with van der Waals surface area (Å²) in [7, 11) is 0. The van der Waals surface area contributed by atoms with Crippen molar-refractivity contribution in [1.82, 2.24) is 9.55 Å². The zero-order valence-electron chi connectivity index (χ0n) is 15.9. The standard InChI is InChI=1S/C23H20Cl2N2O2/c1-16-5-4-6-18(13-16)28-12-11-27-21-8-3-2-7-20(21)26-23(27)15-29-22-10-9-17(24)14-19(22)25/h2-10,13-14H,11-12,15H2,1H3. The average Bonchev–Trinajstić information content (AvgIpc) is 3.05. The Morgan fingerprint density at radius 2 is 1.79 bits per heavy atom. The number of halogens is 2. The summed E-state index contributed by atoms with van der Waals surface area (Å²) in [4.78, 5) is 4.73. The molecule has 0 saturated carbocycles. The summed E-state index contributed by atoms with van der Waals surface area (Å²) in [5, 5.41) is 1.05. The molecule has 29 heavy (non-hydrogen) atoms. The van der Waals surface area contributed by atoms with Gasteiger partial charge < -0.3 is 14.0 Å². The fraction of sp³-hybridized carbons (Fsp3) is 0.174. The largest absolute Gasteiger partial charge is 0.492 e. The number of hydrogen-bond donors (Lipinski definition) is 0. The van der Waals surface area contributed by atoms with E-state index in [1.165, 1.54) is 5.56 Å². The molecule has 1 heterocycles. The fourth-order valence-electron chi connectivity index (χ4n) is 3.18. The van der Waals surface area contributed by atoms with Crippen LogP contribution in [0.2, 0.25) is 10.0 Å². The molecule has 148 valence electrons. The van der Waals surface area contributed by atoms with Crippen LogP contribution in [0.3, 0.4) is 0 Å². The molecule has 0 bridgehead atoms. The lowest BCUT2D eigenvalue weighted by atomic mass is 10.2. The van der Waals surface area contributed by atoms with E-state index in [2.05, 4.69) is 4.57 Å². The number of aromatic nitrogens is 2. The molecule has 0 fully saturated rings. The van der Waals surface area contributed by atoms with Crippen molar-refractivity contribution in [3.63, 3.8) is 0 Å². The molecule has 4 nitrogen and oxygen atoms in total. The van der Waals surface area contributed by atoms with Gasteiger partial charge in [0.25, 0.3) is 0 Å². The zero-order valence-corrected chi connectivity index (χ0v) is 17.5. The van der Waals surface area contributed by atoms with Crippen molar-refractivity contribution < 1.29 is 9.47 Å². The molecule has 0 aliphatic heterocycles. The third-order valence-corrected chi connectivity index (χ3v) is 5.09. The first-order chi connectivity index (χ1) is 14.1. The molecule has 0 unspecified atom stereocenters. The second kappa shape index (κ2) is 8.76. The van der Waals surface area contributed by atoms with Crippen molar-refractivity contribution in [3.8, 4) is 11.5 Å². The van der Waals surface area contributed by atoms with Crippen LogP contribution < -0.4 is 9.47 Å². The van der Waals surface area contributed by atoms with Crippen LogP contribution in [-0.2, 0) is 13.2 Å². The smallest absolute Gasteiger partial charge is 0.148 e. The highest BCUT2D eigenvalue weighted by molar-refractivity contribution is 6.35. The summed E-state index contributed by atoms with van der Waals surface area (Å²) in [6, 6.07) is 21.2. The van der Waals surface area contributed by atoms with Crippen LogP contribution >= 0.6 is 23.2 Å². The van der Waals surface area contributed by atoms with Gasteiger partial charge in [0.15, 0.2) is 0 Å². The van der Waals surface area contributed by atoms with Gasteiger partial charge in [-0.3, -0.25) is 0 Å². The minimum absolute atomic E-state index is 0.292. The third kappa shape index (κ3) is 4.66. The topological polar surface area (TPSA) is 36.3 Å². The molecule has 1 aromatic heterocycles. The number of fused-ring (bicyclic) bond motifs is 1. The van der Waals surface area contributed by atoms with E-state index in [1.807, 2.05) is 55.5 Å². The highest BCUT2D eigenvalue weighted by Gasteiger charge is 2.12. The summed E-state index contributed by atoms with van der Waals surface area (Å²) in [6.07, 6.45) is 0. The zero-order chi connectivity index (χ0) is 20.2. The predicted molar refractivity (Wildman–Crippen MR) is 117 cm³/mol. The second-order valence-corrected chi connectivity index (χ2v) is 7.54. The number of rotatable bonds is 7. The van der Waals surface area contributed by atoms with Crippen molar-refractivity contribution in [2.75, 3.05) is 6.61 Å². The highest BCUT2D eigenvalue weighted by Crippen LogP contribution is 2.28. The molecule has 0 spiro atoms. The number of para-hydroxylation sites is 2. The number of nitrogens with zero attached hydrogens (tertiary/aromatic N) is 2. The van der Waals surface area contributed by atoms with Crippen LogP contribution in [0.1, 0.15) is 11.4 Å². The van der Waals surface area contributed by atoms with E-state index in [9.17, 15) is 0 Å². The summed E-state index contributed by atoms with van der Waals surface area (Å²) in [6.45, 7) is 3.52. The van der Waals surface area contributed by atoms with Gasteiger partial charge in [0.05, 0.1) is 22.6 Å². The van der Waals surface area contributed by atoms with Crippen molar-refractivity contribution in [2.45, 2.75) is 20.1 Å². The predicted octanol–water partition coefficient (Wildman–Crippen LogP) is 6.31. The molecule has 0 aliphatic rings. The van der Waals surface area contributed by atoms with E-state index in [-0.39, 0.29) is 0 Å². The highest BCUT2D eigenvalue weighted by atomic mass is 35.5. The van der Waals surface area contributed by atoms with Crippen LogP contribution in [0.25, 0.3) is 11.0 Å². The van der Waals surface area contributed by atoms with E-state index in [0.717, 1.165) is 22.6 Å². The Bertz CT molecular complexity index is 1140. The molecule has 0 atom stereocenters. The molecule has 0 amide bonds. The third-order valence-electron chi connectivity index (χ3n) is 4.56. The monoisotopic (exact) mass is 426 g/mol. The van der Waals surface area contributed by atoms with Crippen molar-refractivity contribution in [3.05, 3.63) is 88.2 Å². The Hall–Kier alpha value is -2.69. The first-order valence-electron chi connectivity index (χ1n) is 9.31. The number of benzene rings is 3. The Kier molecular flexibility index (Phi) is 5.93. The first kappa shape index (κ1) is 19.6. The molecular formula is C23H20Cl2N2O2. The van der Waals surface area contributed by atoms with E-state index in [1.54, 1.807) is 18.2 Å². The van der Waals surface area contributed by atoms with Gasteiger partial charge in [-0.1, -0.05) is 47.5 Å². The van der Waals surface area contributed by atoms with Crippen molar-refractivity contribution in [2.24, 2.45) is 0 Å². The van der Waals surface area contributed by atoms with Gasteiger partial charge in [-0.25, -0.2) is 4.98 Å². The van der Waals surface area contributed by atoms with Crippen LogP contribution in [-0.4, -0.2) is 16.2 Å². The van der Waals surface area contributed by atoms with Gasteiger partial charge in [0, 0.05) is 5.02 Å². The minimum atomic E-state index is 0.292. The van der Waals surface area contributed by atoms with Crippen LogP contribution in [0, 0.1) is 6.92 Å². The summed E-state index contributed by atoms with van der Waals surface area (Å²) in [5.74, 6) is 2.25. The van der Waals surface area contributed by atoms with Gasteiger partial charge in [-0.05, 0) is 55.0 Å².